The maximum atomic E-state index is 14.4. The van der Waals surface area contributed by atoms with Crippen LogP contribution in [0.4, 0.5) is 8.78 Å². The molecule has 2 aliphatic heterocycles. The third-order valence-corrected chi connectivity index (χ3v) is 7.46. The van der Waals surface area contributed by atoms with Crippen LogP contribution in [0.1, 0.15) is 64.3 Å². The Kier molecular flexibility index (Phi) is 9.82. The summed E-state index contributed by atoms with van der Waals surface area (Å²) in [5.74, 6) is -2.90. The molecular weight excluding hydrogens is 464 g/mol. The lowest BCUT2D eigenvalue weighted by Crippen LogP contribution is -2.62. The number of amides is 1. The van der Waals surface area contributed by atoms with Crippen molar-refractivity contribution in [3.05, 3.63) is 29.1 Å². The van der Waals surface area contributed by atoms with Crippen LogP contribution < -0.4 is 10.6 Å². The van der Waals surface area contributed by atoms with Crippen molar-refractivity contribution in [1.82, 2.24) is 25.4 Å². The molecule has 3 rings (SSSR count). The molecule has 0 radical (unpaired) electrons. The number of hydrogen-bond donors (Lipinski definition) is 2. The van der Waals surface area contributed by atoms with Crippen molar-refractivity contribution in [2.45, 2.75) is 83.8 Å². The first-order valence-corrected chi connectivity index (χ1v) is 13.3. The molecule has 1 aromatic rings. The van der Waals surface area contributed by atoms with Gasteiger partial charge in [0.25, 0.3) is 5.92 Å². The van der Waals surface area contributed by atoms with E-state index in [1.54, 1.807) is 13.0 Å². The zero-order valence-corrected chi connectivity index (χ0v) is 22.9. The van der Waals surface area contributed by atoms with E-state index in [4.69, 9.17) is 4.74 Å². The third-order valence-electron chi connectivity index (χ3n) is 7.46. The van der Waals surface area contributed by atoms with Gasteiger partial charge in [0.1, 0.15) is 0 Å². The molecule has 2 aliphatic rings. The average Bonchev–Trinajstić information content (AvgIpc) is 2.80. The molecular formula is C27H45F2N5O2. The summed E-state index contributed by atoms with van der Waals surface area (Å²) in [6.45, 7) is 17.6. The van der Waals surface area contributed by atoms with Gasteiger partial charge in [0, 0.05) is 74.4 Å². The van der Waals surface area contributed by atoms with Crippen molar-refractivity contribution in [3.63, 3.8) is 0 Å². The van der Waals surface area contributed by atoms with Crippen molar-refractivity contribution in [3.8, 4) is 0 Å². The van der Waals surface area contributed by atoms with Crippen LogP contribution in [-0.4, -0.2) is 91.3 Å². The van der Waals surface area contributed by atoms with Crippen LogP contribution in [-0.2, 0) is 20.9 Å². The summed E-state index contributed by atoms with van der Waals surface area (Å²) in [5, 5.41) is 6.64. The van der Waals surface area contributed by atoms with E-state index >= 15 is 0 Å². The second kappa shape index (κ2) is 12.2. The lowest BCUT2D eigenvalue weighted by molar-refractivity contribution is -0.123. The summed E-state index contributed by atoms with van der Waals surface area (Å²) in [6.07, 6.45) is 1.51. The van der Waals surface area contributed by atoms with Gasteiger partial charge in [0.05, 0.1) is 25.5 Å². The Bertz CT molecular complexity index is 882. The summed E-state index contributed by atoms with van der Waals surface area (Å²) >= 11 is 0. The van der Waals surface area contributed by atoms with Crippen LogP contribution in [0, 0.1) is 6.92 Å². The largest absolute Gasteiger partial charge is 0.379 e. The normalized spacial score (nSPS) is 24.6. The highest BCUT2D eigenvalue weighted by Gasteiger charge is 2.34. The Morgan fingerprint density at radius 2 is 2.06 bits per heavy atom. The van der Waals surface area contributed by atoms with Crippen LogP contribution >= 0.6 is 0 Å². The molecule has 2 saturated heterocycles. The molecule has 0 aliphatic carbocycles. The van der Waals surface area contributed by atoms with Gasteiger partial charge in [-0.3, -0.25) is 19.6 Å². The van der Waals surface area contributed by atoms with E-state index in [-0.39, 0.29) is 23.9 Å². The Morgan fingerprint density at radius 1 is 1.31 bits per heavy atom. The van der Waals surface area contributed by atoms with Crippen LogP contribution in [0.15, 0.2) is 12.3 Å². The smallest absolute Gasteiger partial charge is 0.274 e. The maximum Gasteiger partial charge on any atom is 0.274 e. The highest BCUT2D eigenvalue weighted by Crippen LogP contribution is 2.34. The van der Waals surface area contributed by atoms with E-state index in [0.717, 1.165) is 50.7 Å². The summed E-state index contributed by atoms with van der Waals surface area (Å²) in [5.41, 5.74) is 0.920. The van der Waals surface area contributed by atoms with Crippen LogP contribution in [0.25, 0.3) is 0 Å². The van der Waals surface area contributed by atoms with E-state index in [2.05, 4.69) is 39.3 Å². The Balaban J connectivity index is 1.60. The zero-order chi connectivity index (χ0) is 26.5. The molecule has 9 heteroatoms. The van der Waals surface area contributed by atoms with Gasteiger partial charge in [0.2, 0.25) is 5.91 Å². The summed E-state index contributed by atoms with van der Waals surface area (Å²) in [6, 6.07) is 2.49. The summed E-state index contributed by atoms with van der Waals surface area (Å²) in [7, 11) is 0. The fourth-order valence-electron chi connectivity index (χ4n) is 5.29. The van der Waals surface area contributed by atoms with Crippen molar-refractivity contribution in [2.75, 3.05) is 52.5 Å². The Morgan fingerprint density at radius 3 is 2.72 bits per heavy atom. The number of hydrogen-bond acceptors (Lipinski definition) is 6. The molecule has 0 bridgehead atoms. The second-order valence-corrected chi connectivity index (χ2v) is 11.3. The van der Waals surface area contributed by atoms with Crippen molar-refractivity contribution in [2.24, 2.45) is 0 Å². The minimum atomic E-state index is -2.88. The minimum absolute atomic E-state index is 0.0269. The number of morpholine rings is 1. The van der Waals surface area contributed by atoms with Crippen molar-refractivity contribution >= 4 is 5.91 Å². The predicted molar refractivity (Wildman–Crippen MR) is 138 cm³/mol. The Labute approximate surface area is 215 Å². The number of piperazine rings is 1. The highest BCUT2D eigenvalue weighted by molar-refractivity contribution is 5.78. The maximum absolute atomic E-state index is 14.4. The van der Waals surface area contributed by atoms with Gasteiger partial charge in [0.15, 0.2) is 0 Å². The monoisotopic (exact) mass is 509 g/mol. The molecule has 7 nitrogen and oxygen atoms in total. The van der Waals surface area contributed by atoms with Crippen LogP contribution in [0.2, 0.25) is 0 Å². The van der Waals surface area contributed by atoms with E-state index < -0.39 is 11.3 Å². The first kappa shape index (κ1) is 28.9. The Hall–Kier alpha value is -1.68. The summed E-state index contributed by atoms with van der Waals surface area (Å²) < 4.78 is 34.3. The quantitative estimate of drug-likeness (QED) is 0.505. The molecule has 0 saturated carbocycles. The molecule has 36 heavy (non-hydrogen) atoms. The number of pyridine rings is 1. The van der Waals surface area contributed by atoms with Crippen LogP contribution in [0.3, 0.4) is 0 Å². The fraction of sp³-hybridized carbons (Fsp3) is 0.778. The lowest BCUT2D eigenvalue weighted by atomic mass is 9.85. The minimum Gasteiger partial charge on any atom is -0.379 e. The number of nitrogens with zero attached hydrogens (tertiary/aromatic N) is 3. The predicted octanol–water partition coefficient (Wildman–Crippen LogP) is 3.06. The standard InChI is InChI=1S/C27H45F2N5O2/c1-7-8-27(28,29)22-11-19(2)25(31-12-22)26(5,6)18-32-24(35)16-34-14-20(3)30-13-23(34)15-33-9-10-36-17-21(33)4/h11-12,20-21,23,30H,7-10,13-18H2,1-6H3,(H,32,35)/t20?,21-,23-/m1/s1. The number of carbonyl (C=O) groups excluding carboxylic acids is 1. The number of rotatable bonds is 10. The van der Waals surface area contributed by atoms with E-state index in [1.165, 1.54) is 6.20 Å². The third kappa shape index (κ3) is 7.43. The molecule has 0 aromatic carbocycles. The van der Waals surface area contributed by atoms with Gasteiger partial charge in [-0.25, -0.2) is 8.78 Å². The summed E-state index contributed by atoms with van der Waals surface area (Å²) in [4.78, 5) is 22.2. The fourth-order valence-corrected chi connectivity index (χ4v) is 5.29. The van der Waals surface area contributed by atoms with Gasteiger partial charge in [-0.1, -0.05) is 27.2 Å². The SMILES string of the molecule is CCCC(F)(F)c1cnc(C(C)(C)CNC(=O)CN2CC(C)NC[C@@H]2CN2CCOC[C@H]2C)c(C)c1. The molecule has 1 unspecified atom stereocenters. The molecule has 2 N–H and O–H groups in total. The first-order valence-electron chi connectivity index (χ1n) is 13.3. The molecule has 1 amide bonds. The number of halogens is 2. The van der Waals surface area contributed by atoms with Gasteiger partial charge >= 0.3 is 0 Å². The number of ether oxygens (including phenoxy) is 1. The van der Waals surface area contributed by atoms with Gasteiger partial charge in [-0.15, -0.1) is 0 Å². The molecule has 3 heterocycles. The van der Waals surface area contributed by atoms with Gasteiger partial charge in [-0.05, 0) is 32.4 Å². The van der Waals surface area contributed by atoms with E-state index in [0.29, 0.717) is 31.6 Å². The number of aryl methyl sites for hydroxylation is 1. The highest BCUT2D eigenvalue weighted by atomic mass is 19.3. The number of alkyl halides is 2. The lowest BCUT2D eigenvalue weighted by Gasteiger charge is -2.43. The number of aromatic nitrogens is 1. The molecule has 3 atom stereocenters. The molecule has 0 spiro atoms. The molecule has 204 valence electrons. The first-order chi connectivity index (χ1) is 16.9. The second-order valence-electron chi connectivity index (χ2n) is 11.3. The van der Waals surface area contributed by atoms with Crippen LogP contribution in [0.5, 0.6) is 0 Å². The number of nitrogens with one attached hydrogen (secondary N) is 2. The van der Waals surface area contributed by atoms with E-state index in [9.17, 15) is 13.6 Å². The average molecular weight is 510 g/mol. The number of carbonyl (C=O) groups is 1. The van der Waals surface area contributed by atoms with Gasteiger partial charge < -0.3 is 15.4 Å². The van der Waals surface area contributed by atoms with Crippen molar-refractivity contribution in [1.29, 1.82) is 0 Å². The molecule has 1 aromatic heterocycles. The van der Waals surface area contributed by atoms with E-state index in [1.807, 2.05) is 20.8 Å². The van der Waals surface area contributed by atoms with Crippen molar-refractivity contribution < 1.29 is 18.3 Å². The molecule has 2 fully saturated rings. The zero-order valence-electron chi connectivity index (χ0n) is 22.9. The van der Waals surface area contributed by atoms with Gasteiger partial charge in [-0.2, -0.15) is 0 Å². The topological polar surface area (TPSA) is 69.7 Å².